The highest BCUT2D eigenvalue weighted by Gasteiger charge is 2.09. The number of piperidine rings is 1. The number of aromatic nitrogens is 3. The topological polar surface area (TPSA) is 50.7 Å². The Morgan fingerprint density at radius 2 is 2.06 bits per heavy atom. The fourth-order valence-corrected chi connectivity index (χ4v) is 2.09. The van der Waals surface area contributed by atoms with E-state index in [0.717, 1.165) is 42.5 Å². The predicted octanol–water partition coefficient (Wildman–Crippen LogP) is 1.38. The molecule has 1 N–H and O–H groups in total. The number of rotatable bonds is 0. The van der Waals surface area contributed by atoms with E-state index in [1.54, 1.807) is 12.4 Å². The lowest BCUT2D eigenvalue weighted by Crippen LogP contribution is -2.26. The van der Waals surface area contributed by atoms with E-state index in [1.807, 2.05) is 6.07 Å². The first-order chi connectivity index (χ1) is 8.92. The van der Waals surface area contributed by atoms with Crippen LogP contribution in [0.15, 0.2) is 24.8 Å². The minimum atomic E-state index is 0.496. The van der Waals surface area contributed by atoms with Crippen LogP contribution in [0.5, 0.6) is 0 Å². The Hall–Kier alpha value is -1.99. The summed E-state index contributed by atoms with van der Waals surface area (Å²) >= 11 is 0. The lowest BCUT2D eigenvalue weighted by Gasteiger charge is -2.17. The van der Waals surface area contributed by atoms with Gasteiger partial charge < -0.3 is 5.32 Å². The van der Waals surface area contributed by atoms with Gasteiger partial charge in [-0.15, -0.1) is 0 Å². The first-order valence-electron chi connectivity index (χ1n) is 6.20. The van der Waals surface area contributed by atoms with Crippen LogP contribution in [0.25, 0.3) is 10.9 Å². The molecule has 1 fully saturated rings. The maximum Gasteiger partial charge on any atom is 0.116 e. The molecule has 0 saturated carbocycles. The molecule has 1 aliphatic rings. The van der Waals surface area contributed by atoms with E-state index < -0.39 is 0 Å². The summed E-state index contributed by atoms with van der Waals surface area (Å²) in [6.07, 6.45) is 7.33. The summed E-state index contributed by atoms with van der Waals surface area (Å²) in [6.45, 7) is 2.14. The molecule has 90 valence electrons. The predicted molar refractivity (Wildman–Crippen MR) is 69.8 cm³/mol. The minimum Gasteiger partial charge on any atom is -0.317 e. The third-order valence-electron chi connectivity index (χ3n) is 3.13. The maximum atomic E-state index is 4.31. The van der Waals surface area contributed by atoms with Crippen LogP contribution >= 0.6 is 0 Å². The molecular weight excluding hydrogens is 224 g/mol. The molecule has 0 radical (unpaired) electrons. The SMILES string of the molecule is C(#CC1CCNCC1)c1cc2cncnc2cn1. The third kappa shape index (κ3) is 2.47. The Kier molecular flexibility index (Phi) is 3.16. The van der Waals surface area contributed by atoms with E-state index in [2.05, 4.69) is 32.1 Å². The van der Waals surface area contributed by atoms with Crippen LogP contribution in [0.4, 0.5) is 0 Å². The second-order valence-electron chi connectivity index (χ2n) is 4.44. The van der Waals surface area contributed by atoms with Crippen LogP contribution in [0.2, 0.25) is 0 Å². The molecule has 0 aliphatic carbocycles. The van der Waals surface area contributed by atoms with E-state index in [9.17, 15) is 0 Å². The van der Waals surface area contributed by atoms with E-state index >= 15 is 0 Å². The zero-order chi connectivity index (χ0) is 12.2. The number of fused-ring (bicyclic) bond motifs is 1. The van der Waals surface area contributed by atoms with Crippen LogP contribution in [0.3, 0.4) is 0 Å². The van der Waals surface area contributed by atoms with E-state index in [4.69, 9.17) is 0 Å². The van der Waals surface area contributed by atoms with Crippen LogP contribution < -0.4 is 5.32 Å². The second-order valence-corrected chi connectivity index (χ2v) is 4.44. The molecule has 1 aliphatic heterocycles. The molecule has 4 nitrogen and oxygen atoms in total. The minimum absolute atomic E-state index is 0.496. The molecule has 0 atom stereocenters. The summed E-state index contributed by atoms with van der Waals surface area (Å²) in [5, 5.41) is 4.33. The van der Waals surface area contributed by atoms with E-state index in [-0.39, 0.29) is 0 Å². The molecule has 0 aromatic carbocycles. The van der Waals surface area contributed by atoms with Crippen molar-refractivity contribution in [1.29, 1.82) is 0 Å². The molecular formula is C14H14N4. The van der Waals surface area contributed by atoms with Gasteiger partial charge in [0.25, 0.3) is 0 Å². The van der Waals surface area contributed by atoms with Crippen molar-refractivity contribution in [2.45, 2.75) is 12.8 Å². The number of hydrogen-bond donors (Lipinski definition) is 1. The van der Waals surface area contributed by atoms with Gasteiger partial charge in [-0.3, -0.25) is 0 Å². The van der Waals surface area contributed by atoms with E-state index in [0.29, 0.717) is 5.92 Å². The Morgan fingerprint density at radius 1 is 1.17 bits per heavy atom. The van der Waals surface area contributed by atoms with Gasteiger partial charge in [-0.05, 0) is 37.9 Å². The molecule has 0 amide bonds. The average molecular weight is 238 g/mol. The van der Waals surface area contributed by atoms with Gasteiger partial charge in [0, 0.05) is 17.5 Å². The first kappa shape index (κ1) is 11.1. The molecule has 3 heterocycles. The summed E-state index contributed by atoms with van der Waals surface area (Å²) < 4.78 is 0. The highest BCUT2D eigenvalue weighted by Crippen LogP contribution is 2.11. The Balaban J connectivity index is 1.84. The van der Waals surface area contributed by atoms with Crippen LogP contribution in [-0.4, -0.2) is 28.0 Å². The largest absolute Gasteiger partial charge is 0.317 e. The normalized spacial score (nSPS) is 16.2. The monoisotopic (exact) mass is 238 g/mol. The van der Waals surface area contributed by atoms with Gasteiger partial charge in [-0.25, -0.2) is 15.0 Å². The lowest BCUT2D eigenvalue weighted by atomic mass is 9.99. The van der Waals surface area contributed by atoms with Crippen molar-refractivity contribution in [2.24, 2.45) is 5.92 Å². The molecule has 2 aromatic heterocycles. The summed E-state index contributed by atoms with van der Waals surface area (Å²) in [5.74, 6) is 6.97. The van der Waals surface area contributed by atoms with Crippen molar-refractivity contribution in [3.8, 4) is 11.8 Å². The highest BCUT2D eigenvalue weighted by molar-refractivity contribution is 5.77. The van der Waals surface area contributed by atoms with Gasteiger partial charge in [-0.1, -0.05) is 5.92 Å². The molecule has 0 bridgehead atoms. The van der Waals surface area contributed by atoms with Crippen molar-refractivity contribution >= 4 is 10.9 Å². The summed E-state index contributed by atoms with van der Waals surface area (Å²) in [5.41, 5.74) is 1.66. The molecule has 0 unspecified atom stereocenters. The molecule has 0 spiro atoms. The molecule has 18 heavy (non-hydrogen) atoms. The van der Waals surface area contributed by atoms with Gasteiger partial charge in [0.1, 0.15) is 12.0 Å². The maximum absolute atomic E-state index is 4.31. The van der Waals surface area contributed by atoms with Crippen molar-refractivity contribution < 1.29 is 0 Å². The highest BCUT2D eigenvalue weighted by atomic mass is 14.9. The average Bonchev–Trinajstić information content (AvgIpc) is 2.46. The van der Waals surface area contributed by atoms with Crippen LogP contribution in [0, 0.1) is 17.8 Å². The van der Waals surface area contributed by atoms with Gasteiger partial charge in [0.05, 0.1) is 11.7 Å². The molecule has 1 saturated heterocycles. The smallest absolute Gasteiger partial charge is 0.116 e. The van der Waals surface area contributed by atoms with Gasteiger partial charge in [0.2, 0.25) is 0 Å². The first-order valence-corrected chi connectivity index (χ1v) is 6.20. The Labute approximate surface area is 106 Å². The van der Waals surface area contributed by atoms with Crippen molar-refractivity contribution in [3.63, 3.8) is 0 Å². The van der Waals surface area contributed by atoms with Crippen molar-refractivity contribution in [2.75, 3.05) is 13.1 Å². The van der Waals surface area contributed by atoms with Crippen LogP contribution in [0.1, 0.15) is 18.5 Å². The number of hydrogen-bond acceptors (Lipinski definition) is 4. The van der Waals surface area contributed by atoms with Crippen LogP contribution in [-0.2, 0) is 0 Å². The fourth-order valence-electron chi connectivity index (χ4n) is 2.09. The van der Waals surface area contributed by atoms with Crippen molar-refractivity contribution in [3.05, 3.63) is 30.5 Å². The molecule has 2 aromatic rings. The number of pyridine rings is 1. The number of nitrogens with zero attached hydrogens (tertiary/aromatic N) is 3. The van der Waals surface area contributed by atoms with Crippen molar-refractivity contribution in [1.82, 2.24) is 20.3 Å². The zero-order valence-electron chi connectivity index (χ0n) is 10.1. The quantitative estimate of drug-likeness (QED) is 0.704. The Bertz CT molecular complexity index is 606. The standard InChI is InChI=1S/C14H14N4/c1(11-3-5-15-6-4-11)2-13-7-12-8-16-10-18-14(12)9-17-13/h7-11,15H,3-6H2. The second kappa shape index (κ2) is 5.11. The zero-order valence-corrected chi connectivity index (χ0v) is 10.1. The fraction of sp³-hybridized carbons (Fsp3) is 0.357. The molecule has 4 heteroatoms. The summed E-state index contributed by atoms with van der Waals surface area (Å²) in [7, 11) is 0. The molecule has 3 rings (SSSR count). The number of nitrogens with one attached hydrogen (secondary N) is 1. The van der Waals surface area contributed by atoms with Gasteiger partial charge >= 0.3 is 0 Å². The van der Waals surface area contributed by atoms with Gasteiger partial charge in [0.15, 0.2) is 0 Å². The van der Waals surface area contributed by atoms with E-state index in [1.165, 1.54) is 6.33 Å². The third-order valence-corrected chi connectivity index (χ3v) is 3.13. The Morgan fingerprint density at radius 3 is 2.94 bits per heavy atom. The summed E-state index contributed by atoms with van der Waals surface area (Å²) in [4.78, 5) is 12.5. The lowest BCUT2D eigenvalue weighted by molar-refractivity contribution is 0.447. The van der Waals surface area contributed by atoms with Gasteiger partial charge in [-0.2, -0.15) is 0 Å². The summed E-state index contributed by atoms with van der Waals surface area (Å²) in [6, 6.07) is 1.95.